The number of ether oxygens (including phenoxy) is 3. The first-order chi connectivity index (χ1) is 10.3. The van der Waals surface area contributed by atoms with Crippen LogP contribution < -0.4 is 15.2 Å². The molecule has 1 fully saturated rings. The quantitative estimate of drug-likeness (QED) is 0.902. The Hall–Kier alpha value is -2.21. The molecule has 1 saturated heterocycles. The topological polar surface area (TPSA) is 82.4 Å². The second-order valence-electron chi connectivity index (χ2n) is 5.03. The predicted octanol–water partition coefficient (Wildman–Crippen LogP) is 2.23. The van der Waals surface area contributed by atoms with Crippen LogP contribution in [0, 0.1) is 0 Å². The number of nitrogens with one attached hydrogen (secondary N) is 1. The number of aromatic nitrogens is 2. The van der Waals surface area contributed by atoms with Crippen molar-refractivity contribution in [2.45, 2.75) is 18.9 Å². The van der Waals surface area contributed by atoms with Gasteiger partial charge < -0.3 is 19.9 Å². The third kappa shape index (κ3) is 3.11. The lowest BCUT2D eigenvalue weighted by Gasteiger charge is -2.24. The molecule has 1 aromatic heterocycles. The molecule has 0 amide bonds. The van der Waals surface area contributed by atoms with E-state index in [2.05, 4.69) is 10.2 Å². The molecule has 1 atom stereocenters. The molecule has 0 aliphatic carbocycles. The SMILES string of the molecule is COc1cc(-c2cc(N)n[nH]2)ccc1OC1CCCOC1. The number of methoxy groups -OCH3 is 1. The van der Waals surface area contributed by atoms with Crippen LogP contribution in [-0.4, -0.2) is 36.6 Å². The van der Waals surface area contributed by atoms with E-state index in [1.54, 1.807) is 13.2 Å². The van der Waals surface area contributed by atoms with Crippen molar-refractivity contribution in [3.63, 3.8) is 0 Å². The fourth-order valence-corrected chi connectivity index (χ4v) is 2.40. The van der Waals surface area contributed by atoms with Crippen LogP contribution in [0.5, 0.6) is 11.5 Å². The molecular formula is C15H19N3O3. The van der Waals surface area contributed by atoms with Crippen LogP contribution in [0.3, 0.4) is 0 Å². The van der Waals surface area contributed by atoms with Gasteiger partial charge in [0.05, 0.1) is 19.4 Å². The summed E-state index contributed by atoms with van der Waals surface area (Å²) in [6, 6.07) is 7.55. The van der Waals surface area contributed by atoms with Crippen LogP contribution in [0.4, 0.5) is 5.82 Å². The van der Waals surface area contributed by atoms with Gasteiger partial charge in [0.25, 0.3) is 0 Å². The van der Waals surface area contributed by atoms with Gasteiger partial charge in [-0.15, -0.1) is 0 Å². The van der Waals surface area contributed by atoms with Gasteiger partial charge in [0.1, 0.15) is 11.9 Å². The first-order valence-corrected chi connectivity index (χ1v) is 7.00. The number of rotatable bonds is 4. The highest BCUT2D eigenvalue weighted by atomic mass is 16.5. The molecule has 1 unspecified atom stereocenters. The number of H-pyrrole nitrogens is 1. The monoisotopic (exact) mass is 289 g/mol. The summed E-state index contributed by atoms with van der Waals surface area (Å²) >= 11 is 0. The second kappa shape index (κ2) is 6.05. The molecule has 1 aliphatic rings. The molecular weight excluding hydrogens is 270 g/mol. The summed E-state index contributed by atoms with van der Waals surface area (Å²) in [4.78, 5) is 0. The van der Waals surface area contributed by atoms with Crippen molar-refractivity contribution in [3.05, 3.63) is 24.3 Å². The maximum absolute atomic E-state index is 5.97. The minimum atomic E-state index is 0.0845. The summed E-state index contributed by atoms with van der Waals surface area (Å²) in [7, 11) is 1.63. The smallest absolute Gasteiger partial charge is 0.161 e. The average molecular weight is 289 g/mol. The van der Waals surface area contributed by atoms with Crippen LogP contribution in [0.1, 0.15) is 12.8 Å². The molecule has 3 N–H and O–H groups in total. The molecule has 1 aromatic carbocycles. The van der Waals surface area contributed by atoms with Crippen molar-refractivity contribution in [2.24, 2.45) is 0 Å². The summed E-state index contributed by atoms with van der Waals surface area (Å²) in [5, 5.41) is 6.81. The Balaban J connectivity index is 1.81. The molecule has 0 spiro atoms. The van der Waals surface area contributed by atoms with E-state index in [1.807, 2.05) is 18.2 Å². The van der Waals surface area contributed by atoms with Gasteiger partial charge in [-0.05, 0) is 31.0 Å². The second-order valence-corrected chi connectivity index (χ2v) is 5.03. The molecule has 21 heavy (non-hydrogen) atoms. The van der Waals surface area contributed by atoms with Crippen LogP contribution in [0.15, 0.2) is 24.3 Å². The lowest BCUT2D eigenvalue weighted by atomic mass is 10.1. The van der Waals surface area contributed by atoms with Crippen molar-refractivity contribution < 1.29 is 14.2 Å². The molecule has 2 aromatic rings. The van der Waals surface area contributed by atoms with Gasteiger partial charge in [0, 0.05) is 18.2 Å². The Bertz CT molecular complexity index is 606. The van der Waals surface area contributed by atoms with E-state index in [0.29, 0.717) is 18.2 Å². The van der Waals surface area contributed by atoms with Crippen LogP contribution in [0.25, 0.3) is 11.3 Å². The highest BCUT2D eigenvalue weighted by Crippen LogP contribution is 2.33. The third-order valence-corrected chi connectivity index (χ3v) is 3.48. The van der Waals surface area contributed by atoms with E-state index in [4.69, 9.17) is 19.9 Å². The number of benzene rings is 1. The van der Waals surface area contributed by atoms with Gasteiger partial charge in [-0.1, -0.05) is 0 Å². The molecule has 0 saturated carbocycles. The van der Waals surface area contributed by atoms with Crippen LogP contribution in [0.2, 0.25) is 0 Å². The maximum Gasteiger partial charge on any atom is 0.161 e. The largest absolute Gasteiger partial charge is 0.493 e. The number of hydrogen-bond acceptors (Lipinski definition) is 5. The number of nitrogen functional groups attached to an aromatic ring is 1. The summed E-state index contributed by atoms with van der Waals surface area (Å²) in [6.45, 7) is 1.44. The number of nitrogens with two attached hydrogens (primary N) is 1. The number of nitrogens with zero attached hydrogens (tertiary/aromatic N) is 1. The zero-order valence-electron chi connectivity index (χ0n) is 12.0. The molecule has 6 nitrogen and oxygen atoms in total. The Labute approximate surface area is 123 Å². The fourth-order valence-electron chi connectivity index (χ4n) is 2.40. The zero-order valence-corrected chi connectivity index (χ0v) is 12.0. The first-order valence-electron chi connectivity index (χ1n) is 7.00. The standard InChI is InChI=1S/C15H19N3O3/c1-19-14-7-10(12-8-15(16)18-17-12)4-5-13(14)21-11-3-2-6-20-9-11/h4-5,7-8,11H,2-3,6,9H2,1H3,(H3,16,17,18). The Kier molecular flexibility index (Phi) is 3.96. The van der Waals surface area contributed by atoms with Crippen molar-refractivity contribution in [1.29, 1.82) is 0 Å². The molecule has 0 radical (unpaired) electrons. The van der Waals surface area contributed by atoms with Crippen molar-refractivity contribution in [3.8, 4) is 22.8 Å². The van der Waals surface area contributed by atoms with E-state index < -0.39 is 0 Å². The lowest BCUT2D eigenvalue weighted by Crippen LogP contribution is -2.28. The Morgan fingerprint density at radius 1 is 1.33 bits per heavy atom. The number of aromatic amines is 1. The van der Waals surface area contributed by atoms with Crippen molar-refractivity contribution in [2.75, 3.05) is 26.1 Å². The predicted molar refractivity (Wildman–Crippen MR) is 79.5 cm³/mol. The lowest BCUT2D eigenvalue weighted by molar-refractivity contribution is 0.00645. The summed E-state index contributed by atoms with van der Waals surface area (Å²) in [5.41, 5.74) is 7.42. The highest BCUT2D eigenvalue weighted by Gasteiger charge is 2.18. The van der Waals surface area contributed by atoms with Gasteiger partial charge in [0.2, 0.25) is 0 Å². The molecule has 112 valence electrons. The number of anilines is 1. The minimum absolute atomic E-state index is 0.0845. The van der Waals surface area contributed by atoms with E-state index in [9.17, 15) is 0 Å². The molecule has 6 heteroatoms. The number of hydrogen-bond donors (Lipinski definition) is 2. The fraction of sp³-hybridized carbons (Fsp3) is 0.400. The summed E-state index contributed by atoms with van der Waals surface area (Å²) in [6.07, 6.45) is 2.11. The molecule has 0 bridgehead atoms. The summed E-state index contributed by atoms with van der Waals surface area (Å²) in [5.74, 6) is 1.87. The Morgan fingerprint density at radius 3 is 2.90 bits per heavy atom. The van der Waals surface area contributed by atoms with Crippen LogP contribution in [-0.2, 0) is 4.74 Å². The summed E-state index contributed by atoms with van der Waals surface area (Å²) < 4.78 is 16.8. The van der Waals surface area contributed by atoms with E-state index in [0.717, 1.165) is 36.5 Å². The van der Waals surface area contributed by atoms with E-state index in [1.165, 1.54) is 0 Å². The van der Waals surface area contributed by atoms with Crippen molar-refractivity contribution in [1.82, 2.24) is 10.2 Å². The van der Waals surface area contributed by atoms with Gasteiger partial charge in [0.15, 0.2) is 11.5 Å². The van der Waals surface area contributed by atoms with Crippen LogP contribution >= 0.6 is 0 Å². The van der Waals surface area contributed by atoms with Gasteiger partial charge in [-0.2, -0.15) is 5.10 Å². The van der Waals surface area contributed by atoms with Gasteiger partial charge >= 0.3 is 0 Å². The first kappa shape index (κ1) is 13.8. The van der Waals surface area contributed by atoms with E-state index in [-0.39, 0.29) is 6.10 Å². The van der Waals surface area contributed by atoms with Gasteiger partial charge in [-0.25, -0.2) is 0 Å². The van der Waals surface area contributed by atoms with Gasteiger partial charge in [-0.3, -0.25) is 5.10 Å². The highest BCUT2D eigenvalue weighted by molar-refractivity contribution is 5.65. The van der Waals surface area contributed by atoms with E-state index >= 15 is 0 Å². The van der Waals surface area contributed by atoms with Crippen molar-refractivity contribution >= 4 is 5.82 Å². The zero-order chi connectivity index (χ0) is 14.7. The maximum atomic E-state index is 5.97. The Morgan fingerprint density at radius 2 is 2.24 bits per heavy atom. The third-order valence-electron chi connectivity index (χ3n) is 3.48. The minimum Gasteiger partial charge on any atom is -0.493 e. The molecule has 3 rings (SSSR count). The molecule has 1 aliphatic heterocycles. The average Bonchev–Trinajstić information content (AvgIpc) is 2.95. The normalized spacial score (nSPS) is 18.4. The molecule has 2 heterocycles.